The van der Waals surface area contributed by atoms with Gasteiger partial charge in [0.2, 0.25) is 9.84 Å². The smallest absolute Gasteiger partial charge is 0.208 e. The second kappa shape index (κ2) is 8.17. The summed E-state index contributed by atoms with van der Waals surface area (Å²) in [6, 6.07) is 15.2. The number of pyridine rings is 1. The molecule has 0 N–H and O–H groups in total. The van der Waals surface area contributed by atoms with E-state index in [-0.39, 0.29) is 14.8 Å². The van der Waals surface area contributed by atoms with Crippen LogP contribution in [0.25, 0.3) is 22.0 Å². The number of methoxy groups -OCH3 is 2. The maximum atomic E-state index is 14.1. The van der Waals surface area contributed by atoms with Crippen molar-refractivity contribution in [3.63, 3.8) is 0 Å². The molecule has 0 radical (unpaired) electrons. The molecule has 0 saturated heterocycles. The number of rotatable bonds is 5. The molecule has 0 atom stereocenters. The summed E-state index contributed by atoms with van der Waals surface area (Å²) in [5, 5.41) is 0.528. The van der Waals surface area contributed by atoms with Crippen LogP contribution < -0.4 is 9.47 Å². The molecule has 0 bridgehead atoms. The summed E-state index contributed by atoms with van der Waals surface area (Å²) in [6.07, 6.45) is 1.28. The molecular weight excluding hydrogens is 441 g/mol. The van der Waals surface area contributed by atoms with E-state index < -0.39 is 15.7 Å². The predicted molar refractivity (Wildman–Crippen MR) is 117 cm³/mol. The average molecular weight is 458 g/mol. The molecule has 0 aliphatic heterocycles. The maximum absolute atomic E-state index is 14.1. The highest BCUT2D eigenvalue weighted by Crippen LogP contribution is 2.39. The topological polar surface area (TPSA) is 65.5 Å². The van der Waals surface area contributed by atoms with Gasteiger partial charge in [-0.3, -0.25) is 4.98 Å². The number of hydrogen-bond donors (Lipinski definition) is 0. The van der Waals surface area contributed by atoms with Gasteiger partial charge in [0, 0.05) is 17.1 Å². The molecule has 4 rings (SSSR count). The van der Waals surface area contributed by atoms with Crippen LogP contribution in [0.2, 0.25) is 5.02 Å². The first-order valence-electron chi connectivity index (χ1n) is 9.16. The molecule has 0 amide bonds. The molecular formula is C23H17ClFNO4S. The van der Waals surface area contributed by atoms with Crippen molar-refractivity contribution in [2.24, 2.45) is 0 Å². The van der Waals surface area contributed by atoms with Crippen LogP contribution in [0.1, 0.15) is 0 Å². The summed E-state index contributed by atoms with van der Waals surface area (Å²) >= 11 is 6.16. The van der Waals surface area contributed by atoms with Crippen molar-refractivity contribution in [1.82, 2.24) is 4.98 Å². The standard InChI is InChI=1S/C23H17ClFNO4S/c1-29-16-5-3-4-14(10-16)23-18-11-15(25)6-8-20(18)26-13-22(23)31(27,28)17-7-9-21(30-2)19(24)12-17/h3-13H,1-2H3. The fraction of sp³-hybridized carbons (Fsp3) is 0.0870. The first-order chi connectivity index (χ1) is 14.8. The molecule has 31 heavy (non-hydrogen) atoms. The van der Waals surface area contributed by atoms with Crippen LogP contribution in [0, 0.1) is 5.82 Å². The Morgan fingerprint density at radius 3 is 2.48 bits per heavy atom. The van der Waals surface area contributed by atoms with Crippen molar-refractivity contribution in [3.05, 3.63) is 77.7 Å². The normalized spacial score (nSPS) is 11.5. The van der Waals surface area contributed by atoms with Crippen LogP contribution in [0.4, 0.5) is 4.39 Å². The number of fused-ring (bicyclic) bond motifs is 1. The molecule has 4 aromatic rings. The highest BCUT2D eigenvalue weighted by Gasteiger charge is 2.26. The molecule has 8 heteroatoms. The SMILES string of the molecule is COc1cccc(-c2c(S(=O)(=O)c3ccc(OC)c(Cl)c3)cnc3ccc(F)cc23)c1. The van der Waals surface area contributed by atoms with E-state index in [0.29, 0.717) is 33.5 Å². The van der Waals surface area contributed by atoms with Crippen LogP contribution in [0.3, 0.4) is 0 Å². The zero-order valence-corrected chi connectivity index (χ0v) is 18.2. The Morgan fingerprint density at radius 2 is 1.77 bits per heavy atom. The van der Waals surface area contributed by atoms with Gasteiger partial charge in [0.1, 0.15) is 17.3 Å². The number of nitrogens with zero attached hydrogens (tertiary/aromatic N) is 1. The van der Waals surface area contributed by atoms with Gasteiger partial charge in [-0.1, -0.05) is 23.7 Å². The van der Waals surface area contributed by atoms with Gasteiger partial charge in [-0.15, -0.1) is 0 Å². The zero-order valence-electron chi connectivity index (χ0n) is 16.6. The third-order valence-electron chi connectivity index (χ3n) is 4.88. The van der Waals surface area contributed by atoms with Crippen molar-refractivity contribution in [3.8, 4) is 22.6 Å². The van der Waals surface area contributed by atoms with Crippen LogP contribution >= 0.6 is 11.6 Å². The van der Waals surface area contributed by atoms with E-state index in [0.717, 1.165) is 0 Å². The lowest BCUT2D eigenvalue weighted by Crippen LogP contribution is -2.06. The summed E-state index contributed by atoms with van der Waals surface area (Å²) in [5.74, 6) is 0.391. The second-order valence-electron chi connectivity index (χ2n) is 6.69. The minimum absolute atomic E-state index is 0.0278. The third-order valence-corrected chi connectivity index (χ3v) is 6.94. The number of hydrogen-bond acceptors (Lipinski definition) is 5. The van der Waals surface area contributed by atoms with Crippen molar-refractivity contribution < 1.29 is 22.3 Å². The van der Waals surface area contributed by atoms with Crippen LogP contribution in [0.15, 0.2) is 76.7 Å². The van der Waals surface area contributed by atoms with Gasteiger partial charge in [0.15, 0.2) is 0 Å². The molecule has 0 fully saturated rings. The molecule has 5 nitrogen and oxygen atoms in total. The van der Waals surface area contributed by atoms with E-state index in [4.69, 9.17) is 21.1 Å². The lowest BCUT2D eigenvalue weighted by molar-refractivity contribution is 0.414. The van der Waals surface area contributed by atoms with E-state index in [2.05, 4.69) is 4.98 Å². The summed E-state index contributed by atoms with van der Waals surface area (Å²) in [7, 11) is -1.10. The molecule has 0 aliphatic carbocycles. The Bertz CT molecular complexity index is 1410. The third kappa shape index (κ3) is 3.82. The molecule has 0 saturated carbocycles. The summed E-state index contributed by atoms with van der Waals surface area (Å²) in [5.41, 5.74) is 1.34. The van der Waals surface area contributed by atoms with Crippen molar-refractivity contribution >= 4 is 32.3 Å². The van der Waals surface area contributed by atoms with Crippen molar-refractivity contribution in [1.29, 1.82) is 0 Å². The lowest BCUT2D eigenvalue weighted by atomic mass is 10.0. The summed E-state index contributed by atoms with van der Waals surface area (Å²) < 4.78 is 51.7. The molecule has 1 aromatic heterocycles. The molecule has 0 unspecified atom stereocenters. The van der Waals surface area contributed by atoms with E-state index in [9.17, 15) is 12.8 Å². The molecule has 158 valence electrons. The van der Waals surface area contributed by atoms with Crippen molar-refractivity contribution in [2.75, 3.05) is 14.2 Å². The molecule has 0 spiro atoms. The van der Waals surface area contributed by atoms with E-state index >= 15 is 0 Å². The quantitative estimate of drug-likeness (QED) is 0.393. The van der Waals surface area contributed by atoms with Crippen LogP contribution in [-0.4, -0.2) is 27.6 Å². The Morgan fingerprint density at radius 1 is 0.968 bits per heavy atom. The fourth-order valence-corrected chi connectivity index (χ4v) is 5.15. The Kier molecular flexibility index (Phi) is 5.56. The minimum atomic E-state index is -4.05. The zero-order chi connectivity index (χ0) is 22.2. The number of ether oxygens (including phenoxy) is 2. The largest absolute Gasteiger partial charge is 0.497 e. The number of sulfone groups is 1. The van der Waals surface area contributed by atoms with E-state index in [1.807, 2.05) is 0 Å². The first-order valence-corrected chi connectivity index (χ1v) is 11.0. The van der Waals surface area contributed by atoms with Crippen LogP contribution in [-0.2, 0) is 9.84 Å². The highest BCUT2D eigenvalue weighted by atomic mass is 35.5. The van der Waals surface area contributed by atoms with Crippen molar-refractivity contribution in [2.45, 2.75) is 9.79 Å². The van der Waals surface area contributed by atoms with Gasteiger partial charge in [-0.2, -0.15) is 0 Å². The van der Waals surface area contributed by atoms with Gasteiger partial charge in [-0.25, -0.2) is 12.8 Å². The van der Waals surface area contributed by atoms with Gasteiger partial charge < -0.3 is 9.47 Å². The second-order valence-corrected chi connectivity index (χ2v) is 9.02. The van der Waals surface area contributed by atoms with Gasteiger partial charge in [0.05, 0.1) is 34.5 Å². The minimum Gasteiger partial charge on any atom is -0.497 e. The number of aromatic nitrogens is 1. The van der Waals surface area contributed by atoms with Gasteiger partial charge in [-0.05, 0) is 54.1 Å². The van der Waals surface area contributed by atoms with Gasteiger partial charge >= 0.3 is 0 Å². The molecule has 3 aromatic carbocycles. The Hall–Kier alpha value is -3.16. The summed E-state index contributed by atoms with van der Waals surface area (Å²) in [6.45, 7) is 0. The van der Waals surface area contributed by atoms with E-state index in [1.54, 1.807) is 24.3 Å². The van der Waals surface area contributed by atoms with E-state index in [1.165, 1.54) is 56.8 Å². The monoisotopic (exact) mass is 457 g/mol. The highest BCUT2D eigenvalue weighted by molar-refractivity contribution is 7.91. The maximum Gasteiger partial charge on any atom is 0.208 e. The Balaban J connectivity index is 2.05. The fourth-order valence-electron chi connectivity index (χ4n) is 3.37. The molecule has 0 aliphatic rings. The summed E-state index contributed by atoms with van der Waals surface area (Å²) in [4.78, 5) is 4.17. The van der Waals surface area contributed by atoms with Crippen LogP contribution in [0.5, 0.6) is 11.5 Å². The molecule has 1 heterocycles. The predicted octanol–water partition coefficient (Wildman–Crippen LogP) is 5.54. The lowest BCUT2D eigenvalue weighted by Gasteiger charge is -2.15. The average Bonchev–Trinajstić information content (AvgIpc) is 2.78. The first kappa shape index (κ1) is 21.1. The van der Waals surface area contributed by atoms with Gasteiger partial charge in [0.25, 0.3) is 0 Å². The number of benzene rings is 3. The Labute approximate surface area is 183 Å². The number of halogens is 2.